The van der Waals surface area contributed by atoms with Crippen LogP contribution in [0.3, 0.4) is 0 Å². The zero-order chi connectivity index (χ0) is 15.1. The Kier molecular flexibility index (Phi) is 3.32. The molecule has 1 aromatic carbocycles. The molecule has 2 atom stereocenters. The number of benzene rings is 1. The summed E-state index contributed by atoms with van der Waals surface area (Å²) in [4.78, 5) is 19.1. The van der Waals surface area contributed by atoms with Crippen LogP contribution in [-0.4, -0.2) is 21.4 Å². The molecule has 0 N–H and O–H groups in total. The lowest BCUT2D eigenvalue weighted by Gasteiger charge is -2.27. The van der Waals surface area contributed by atoms with E-state index in [4.69, 9.17) is 0 Å². The van der Waals surface area contributed by atoms with E-state index in [2.05, 4.69) is 28.9 Å². The van der Waals surface area contributed by atoms with Crippen LogP contribution in [0.15, 0.2) is 36.8 Å². The summed E-state index contributed by atoms with van der Waals surface area (Å²) in [5, 5.41) is 0. The van der Waals surface area contributed by atoms with Gasteiger partial charge in [0.1, 0.15) is 11.6 Å². The fraction of sp³-hybridized carbons (Fsp3) is 0.412. The van der Waals surface area contributed by atoms with Crippen LogP contribution in [0.25, 0.3) is 0 Å². The fourth-order valence-corrected chi connectivity index (χ4v) is 3.26. The van der Waals surface area contributed by atoms with Crippen molar-refractivity contribution in [3.8, 4) is 0 Å². The number of aromatic nitrogens is 2. The SMILES string of the molecule is CC(C)C(=O)C1c2ccccc2N(c2cncn2C)C1C. The van der Waals surface area contributed by atoms with Crippen molar-refractivity contribution in [2.45, 2.75) is 32.7 Å². The fourth-order valence-electron chi connectivity index (χ4n) is 3.26. The molecule has 1 aliphatic rings. The molecule has 1 aromatic heterocycles. The van der Waals surface area contributed by atoms with E-state index in [1.54, 1.807) is 6.33 Å². The van der Waals surface area contributed by atoms with Gasteiger partial charge in [0, 0.05) is 24.7 Å². The van der Waals surface area contributed by atoms with E-state index in [0.29, 0.717) is 5.78 Å². The van der Waals surface area contributed by atoms with Crippen LogP contribution in [-0.2, 0) is 11.8 Å². The van der Waals surface area contributed by atoms with E-state index in [-0.39, 0.29) is 17.9 Å². The van der Waals surface area contributed by atoms with Crippen LogP contribution < -0.4 is 4.90 Å². The summed E-state index contributed by atoms with van der Waals surface area (Å²) < 4.78 is 2.00. The maximum Gasteiger partial charge on any atom is 0.145 e. The Labute approximate surface area is 125 Å². The number of fused-ring (bicyclic) bond motifs is 1. The van der Waals surface area contributed by atoms with Gasteiger partial charge >= 0.3 is 0 Å². The summed E-state index contributed by atoms with van der Waals surface area (Å²) in [6.45, 7) is 6.08. The van der Waals surface area contributed by atoms with E-state index in [1.165, 1.54) is 0 Å². The molecule has 110 valence electrons. The Morgan fingerprint density at radius 3 is 2.62 bits per heavy atom. The summed E-state index contributed by atoms with van der Waals surface area (Å²) in [7, 11) is 1.98. The highest BCUT2D eigenvalue weighted by Crippen LogP contribution is 2.45. The quantitative estimate of drug-likeness (QED) is 0.867. The number of para-hydroxylation sites is 1. The van der Waals surface area contributed by atoms with Gasteiger partial charge in [-0.2, -0.15) is 0 Å². The van der Waals surface area contributed by atoms with Gasteiger partial charge in [-0.25, -0.2) is 4.98 Å². The lowest BCUT2D eigenvalue weighted by molar-refractivity contribution is -0.123. The molecular weight excluding hydrogens is 262 g/mol. The molecule has 3 rings (SSSR count). The minimum absolute atomic E-state index is 0.0389. The van der Waals surface area contributed by atoms with Crippen molar-refractivity contribution in [2.24, 2.45) is 13.0 Å². The average Bonchev–Trinajstić information content (AvgIpc) is 2.98. The largest absolute Gasteiger partial charge is 0.322 e. The van der Waals surface area contributed by atoms with Crippen molar-refractivity contribution < 1.29 is 4.79 Å². The molecule has 0 fully saturated rings. The molecule has 0 amide bonds. The van der Waals surface area contributed by atoms with Crippen molar-refractivity contribution in [1.29, 1.82) is 0 Å². The molecule has 2 heterocycles. The smallest absolute Gasteiger partial charge is 0.145 e. The van der Waals surface area contributed by atoms with Crippen LogP contribution in [0.2, 0.25) is 0 Å². The van der Waals surface area contributed by atoms with E-state index in [9.17, 15) is 4.79 Å². The summed E-state index contributed by atoms with van der Waals surface area (Å²) in [5.41, 5.74) is 2.25. The van der Waals surface area contributed by atoms with Crippen LogP contribution in [0.4, 0.5) is 11.5 Å². The van der Waals surface area contributed by atoms with Crippen molar-refractivity contribution in [3.63, 3.8) is 0 Å². The number of nitrogens with zero attached hydrogens (tertiary/aromatic N) is 3. The van der Waals surface area contributed by atoms with Gasteiger partial charge in [0.05, 0.1) is 18.4 Å². The van der Waals surface area contributed by atoms with E-state index >= 15 is 0 Å². The molecule has 0 aliphatic carbocycles. The van der Waals surface area contributed by atoms with Gasteiger partial charge in [-0.05, 0) is 18.6 Å². The first-order valence-electron chi connectivity index (χ1n) is 7.40. The second-order valence-electron chi connectivity index (χ2n) is 6.07. The van der Waals surface area contributed by atoms with Crippen LogP contribution >= 0.6 is 0 Å². The summed E-state index contributed by atoms with van der Waals surface area (Å²) in [5.74, 6) is 1.29. The number of ketones is 1. The minimum atomic E-state index is -0.0731. The van der Waals surface area contributed by atoms with Crippen molar-refractivity contribution in [2.75, 3.05) is 4.90 Å². The number of aryl methyl sites for hydroxylation is 1. The van der Waals surface area contributed by atoms with Crippen LogP contribution in [0.5, 0.6) is 0 Å². The number of hydrogen-bond acceptors (Lipinski definition) is 3. The molecule has 2 aromatic rings. The second-order valence-corrected chi connectivity index (χ2v) is 6.07. The Balaban J connectivity index is 2.13. The van der Waals surface area contributed by atoms with Gasteiger partial charge in [0.2, 0.25) is 0 Å². The third-order valence-electron chi connectivity index (χ3n) is 4.33. The average molecular weight is 283 g/mol. The highest BCUT2D eigenvalue weighted by Gasteiger charge is 2.41. The highest BCUT2D eigenvalue weighted by molar-refractivity contribution is 5.93. The summed E-state index contributed by atoms with van der Waals surface area (Å²) in [6, 6.07) is 8.31. The monoisotopic (exact) mass is 283 g/mol. The topological polar surface area (TPSA) is 38.1 Å². The Hall–Kier alpha value is -2.10. The van der Waals surface area contributed by atoms with Gasteiger partial charge in [0.15, 0.2) is 0 Å². The molecule has 0 spiro atoms. The predicted octanol–water partition coefficient (Wildman–Crippen LogP) is 3.27. The van der Waals surface area contributed by atoms with E-state index in [0.717, 1.165) is 17.1 Å². The molecule has 4 nitrogen and oxygen atoms in total. The number of hydrogen-bond donors (Lipinski definition) is 0. The first kappa shape index (κ1) is 13.9. The van der Waals surface area contributed by atoms with Gasteiger partial charge in [0.25, 0.3) is 0 Å². The number of carbonyl (C=O) groups excluding carboxylic acids is 1. The number of imidazole rings is 1. The van der Waals surface area contributed by atoms with Crippen molar-refractivity contribution in [1.82, 2.24) is 9.55 Å². The minimum Gasteiger partial charge on any atom is -0.322 e. The molecular formula is C17H21N3O. The standard InChI is InChI=1S/C17H21N3O/c1-11(2)17(21)16-12(3)20(15-9-18-10-19(15)4)14-8-6-5-7-13(14)16/h5-12,16H,1-4H3. The van der Waals surface area contributed by atoms with Gasteiger partial charge in [-0.15, -0.1) is 0 Å². The maximum atomic E-state index is 12.7. The number of rotatable bonds is 3. The first-order chi connectivity index (χ1) is 10.0. The third kappa shape index (κ3) is 2.06. The molecule has 2 unspecified atom stereocenters. The van der Waals surface area contributed by atoms with E-state index in [1.807, 2.05) is 43.8 Å². The maximum absolute atomic E-state index is 12.7. The Bertz CT molecular complexity index is 674. The van der Waals surface area contributed by atoms with Crippen molar-refractivity contribution in [3.05, 3.63) is 42.4 Å². The van der Waals surface area contributed by atoms with Crippen LogP contribution in [0.1, 0.15) is 32.3 Å². The molecule has 21 heavy (non-hydrogen) atoms. The Morgan fingerprint density at radius 2 is 2.00 bits per heavy atom. The van der Waals surface area contributed by atoms with Gasteiger partial charge in [-0.3, -0.25) is 4.79 Å². The lowest BCUT2D eigenvalue weighted by atomic mass is 9.86. The van der Waals surface area contributed by atoms with Crippen LogP contribution in [0, 0.1) is 5.92 Å². The molecule has 0 bridgehead atoms. The lowest BCUT2D eigenvalue weighted by Crippen LogP contribution is -2.33. The van der Waals surface area contributed by atoms with Crippen molar-refractivity contribution >= 4 is 17.3 Å². The molecule has 1 aliphatic heterocycles. The summed E-state index contributed by atoms with van der Waals surface area (Å²) in [6.07, 6.45) is 3.65. The normalized spacial score (nSPS) is 20.9. The zero-order valence-electron chi connectivity index (χ0n) is 12.9. The third-order valence-corrected chi connectivity index (χ3v) is 4.33. The van der Waals surface area contributed by atoms with Gasteiger partial charge in [-0.1, -0.05) is 32.0 Å². The molecule has 0 saturated heterocycles. The molecule has 0 radical (unpaired) electrons. The molecule has 0 saturated carbocycles. The van der Waals surface area contributed by atoms with E-state index < -0.39 is 0 Å². The zero-order valence-corrected chi connectivity index (χ0v) is 12.9. The number of carbonyl (C=O) groups is 1. The first-order valence-corrected chi connectivity index (χ1v) is 7.40. The number of anilines is 2. The summed E-state index contributed by atoms with van der Waals surface area (Å²) >= 11 is 0. The number of Topliss-reactive ketones (excluding diaryl/α,β-unsaturated/α-hetero) is 1. The predicted molar refractivity (Wildman–Crippen MR) is 83.8 cm³/mol. The highest BCUT2D eigenvalue weighted by atomic mass is 16.1. The Morgan fingerprint density at radius 1 is 1.29 bits per heavy atom. The van der Waals surface area contributed by atoms with Gasteiger partial charge < -0.3 is 9.47 Å². The second kappa shape index (κ2) is 5.02. The molecule has 4 heteroatoms.